The third kappa shape index (κ3) is 6.04. The van der Waals surface area contributed by atoms with Crippen molar-refractivity contribution >= 4 is 34.9 Å². The molecule has 0 aliphatic heterocycles. The molecule has 3 N–H and O–H groups in total. The Labute approximate surface area is 195 Å². The van der Waals surface area contributed by atoms with E-state index >= 15 is 0 Å². The van der Waals surface area contributed by atoms with Gasteiger partial charge in [0.05, 0.1) is 6.54 Å². The lowest BCUT2D eigenvalue weighted by atomic mass is 10.0. The van der Waals surface area contributed by atoms with Gasteiger partial charge >= 0.3 is 0 Å². The molecule has 2 aromatic rings. The van der Waals surface area contributed by atoms with Crippen LogP contribution in [0.5, 0.6) is 0 Å². The quantitative estimate of drug-likeness (QED) is 0.214. The number of nitrogens with zero attached hydrogens (tertiary/aromatic N) is 2. The van der Waals surface area contributed by atoms with Crippen LogP contribution in [0.3, 0.4) is 0 Å². The number of rotatable bonds is 9. The minimum Gasteiger partial charge on any atom is -0.394 e. The largest absolute Gasteiger partial charge is 0.394 e. The minimum atomic E-state index is -1.18. The Bertz CT molecular complexity index is 1270. The highest BCUT2D eigenvalue weighted by atomic mass is 32.1. The van der Waals surface area contributed by atoms with Gasteiger partial charge in [-0.25, -0.2) is 13.2 Å². The van der Waals surface area contributed by atoms with Gasteiger partial charge in [-0.05, 0) is 24.4 Å². The third-order valence-electron chi connectivity index (χ3n) is 4.45. The smallest absolute Gasteiger partial charge is 0.268 e. The number of Topliss-reactive ketones (excluding diaryl/α,β-unsaturated/α-hetero) is 1. The second-order valence-electron chi connectivity index (χ2n) is 6.82. The van der Waals surface area contributed by atoms with Gasteiger partial charge in [0.15, 0.2) is 5.78 Å². The molecule has 0 unspecified atom stereocenters. The van der Waals surface area contributed by atoms with Crippen molar-refractivity contribution in [2.45, 2.75) is 13.0 Å². The number of aldehydes is 1. The van der Waals surface area contributed by atoms with Crippen molar-refractivity contribution < 1.29 is 27.6 Å². The summed E-state index contributed by atoms with van der Waals surface area (Å²) in [6.45, 7) is 0.0166. The van der Waals surface area contributed by atoms with Crippen LogP contribution in [0.15, 0.2) is 65.8 Å². The summed E-state index contributed by atoms with van der Waals surface area (Å²) in [5.41, 5.74) is -0.107. The number of H-pyrrole nitrogens is 1. The first-order valence-electron chi connectivity index (χ1n) is 9.77. The maximum Gasteiger partial charge on any atom is 0.268 e. The summed E-state index contributed by atoms with van der Waals surface area (Å²) in [4.78, 5) is 38.4. The van der Waals surface area contributed by atoms with E-state index in [9.17, 15) is 27.6 Å². The Hall–Kier alpha value is -4.06. The van der Waals surface area contributed by atoms with Gasteiger partial charge in [0.2, 0.25) is 0 Å². The highest BCUT2D eigenvalue weighted by Gasteiger charge is 2.23. The van der Waals surface area contributed by atoms with Gasteiger partial charge in [0, 0.05) is 48.5 Å². The number of nitrogens with one attached hydrogen (secondary N) is 3. The molecule has 0 atom stereocenters. The first-order chi connectivity index (χ1) is 16.3. The predicted molar refractivity (Wildman–Crippen MR) is 120 cm³/mol. The van der Waals surface area contributed by atoms with Crippen LogP contribution in [0.4, 0.5) is 13.2 Å². The van der Waals surface area contributed by atoms with Crippen molar-refractivity contribution in [2.24, 2.45) is 0 Å². The van der Waals surface area contributed by atoms with E-state index in [1.165, 1.54) is 29.7 Å². The van der Waals surface area contributed by atoms with Crippen LogP contribution in [0.2, 0.25) is 0 Å². The molecule has 0 saturated heterocycles. The summed E-state index contributed by atoms with van der Waals surface area (Å²) >= 11 is 1.17. The SMILES string of the molecule is CN/C=C\C(=C/C=O)c1nnc(CNC(=O)c2cc(C(=O)C3=C(F)C=C(F)C=C(F)C3)c[nH]2)s1. The minimum absolute atomic E-state index is 0.000973. The van der Waals surface area contributed by atoms with Crippen molar-refractivity contribution in [3.63, 3.8) is 0 Å². The average molecular weight is 489 g/mol. The highest BCUT2D eigenvalue weighted by molar-refractivity contribution is 7.12. The normalized spacial score (nSPS) is 14.5. The standard InChI is InChI=1S/C22H18F3N5O3S/c1-26-4-2-12(3-5-31)22-30-29-19(34-22)11-28-21(33)18-6-13(10-27-18)20(32)16-8-14(23)7-15(24)9-17(16)25/h2-7,9-10,26-27H,8,11H2,1H3,(H,28,33)/b4-2-,12-3+. The predicted octanol–water partition coefficient (Wildman–Crippen LogP) is 3.63. The van der Waals surface area contributed by atoms with E-state index in [-0.39, 0.29) is 17.8 Å². The molecule has 0 fully saturated rings. The number of allylic oxidation sites excluding steroid dienone is 9. The number of aromatic amines is 1. The average Bonchev–Trinajstić information content (AvgIpc) is 3.45. The molecule has 0 radical (unpaired) electrons. The molecule has 1 amide bonds. The second kappa shape index (κ2) is 11.2. The van der Waals surface area contributed by atoms with Crippen molar-refractivity contribution in [3.8, 4) is 0 Å². The monoisotopic (exact) mass is 489 g/mol. The van der Waals surface area contributed by atoms with Gasteiger partial charge in [-0.15, -0.1) is 10.2 Å². The maximum absolute atomic E-state index is 14.1. The molecule has 3 rings (SSSR count). The molecular formula is C22H18F3N5O3S. The molecule has 2 heterocycles. The summed E-state index contributed by atoms with van der Waals surface area (Å²) in [5.74, 6) is -4.78. The van der Waals surface area contributed by atoms with Crippen molar-refractivity contribution in [1.29, 1.82) is 0 Å². The van der Waals surface area contributed by atoms with Crippen molar-refractivity contribution in [2.75, 3.05) is 7.05 Å². The Morgan fingerprint density at radius 3 is 2.76 bits per heavy atom. The van der Waals surface area contributed by atoms with E-state index < -0.39 is 41.2 Å². The van der Waals surface area contributed by atoms with Gasteiger partial charge in [0.1, 0.15) is 39.5 Å². The number of halogens is 3. The molecule has 8 nitrogen and oxygen atoms in total. The molecule has 34 heavy (non-hydrogen) atoms. The molecule has 0 saturated carbocycles. The van der Waals surface area contributed by atoms with E-state index in [1.54, 1.807) is 19.3 Å². The Morgan fingerprint density at radius 1 is 1.24 bits per heavy atom. The van der Waals surface area contributed by atoms with Crippen LogP contribution < -0.4 is 10.6 Å². The van der Waals surface area contributed by atoms with Crippen LogP contribution in [-0.4, -0.2) is 40.2 Å². The molecule has 12 heteroatoms. The van der Waals surface area contributed by atoms with E-state index in [1.807, 2.05) is 0 Å². The molecule has 1 aliphatic rings. The van der Waals surface area contributed by atoms with Crippen LogP contribution in [0, 0.1) is 0 Å². The first kappa shape index (κ1) is 24.6. The van der Waals surface area contributed by atoms with Crippen molar-refractivity contribution in [3.05, 3.63) is 87.1 Å². The number of hydrogen-bond donors (Lipinski definition) is 3. The zero-order valence-corrected chi connectivity index (χ0v) is 18.5. The van der Waals surface area contributed by atoms with Crippen molar-refractivity contribution in [1.82, 2.24) is 25.8 Å². The molecular weight excluding hydrogens is 471 g/mol. The Morgan fingerprint density at radius 2 is 2.03 bits per heavy atom. The van der Waals surface area contributed by atoms with E-state index in [2.05, 4.69) is 25.8 Å². The number of carbonyl (C=O) groups excluding carboxylic acids is 3. The lowest BCUT2D eigenvalue weighted by Gasteiger charge is -2.03. The van der Waals surface area contributed by atoms with Gasteiger partial charge in [-0.2, -0.15) is 0 Å². The number of aromatic nitrogens is 3. The molecule has 1 aliphatic carbocycles. The van der Waals surface area contributed by atoms with E-state index in [4.69, 9.17) is 0 Å². The van der Waals surface area contributed by atoms with Crippen LogP contribution in [-0.2, 0) is 11.3 Å². The maximum atomic E-state index is 14.1. The number of hydrogen-bond acceptors (Lipinski definition) is 7. The molecule has 0 aromatic carbocycles. The number of amides is 1. The zero-order chi connectivity index (χ0) is 24.7. The summed E-state index contributed by atoms with van der Waals surface area (Å²) in [5, 5.41) is 14.3. The molecule has 176 valence electrons. The van der Waals surface area contributed by atoms with E-state index in [0.717, 1.165) is 0 Å². The lowest BCUT2D eigenvalue weighted by Crippen LogP contribution is -2.23. The lowest BCUT2D eigenvalue weighted by molar-refractivity contribution is -0.104. The van der Waals surface area contributed by atoms with Crippen LogP contribution in [0.1, 0.15) is 37.3 Å². The second-order valence-corrected chi connectivity index (χ2v) is 7.88. The fourth-order valence-electron chi connectivity index (χ4n) is 2.86. The Kier molecular flexibility index (Phi) is 8.09. The highest BCUT2D eigenvalue weighted by Crippen LogP contribution is 2.28. The van der Waals surface area contributed by atoms with Crippen LogP contribution in [0.25, 0.3) is 5.57 Å². The first-order valence-corrected chi connectivity index (χ1v) is 10.6. The van der Waals surface area contributed by atoms with Gasteiger partial charge in [-0.3, -0.25) is 14.4 Å². The van der Waals surface area contributed by atoms with Gasteiger partial charge in [-0.1, -0.05) is 11.3 Å². The zero-order valence-electron chi connectivity index (χ0n) is 17.7. The van der Waals surface area contributed by atoms with Gasteiger partial charge in [0.25, 0.3) is 5.91 Å². The fourth-order valence-corrected chi connectivity index (χ4v) is 3.65. The Balaban J connectivity index is 1.67. The summed E-state index contributed by atoms with van der Waals surface area (Å²) in [6, 6.07) is 1.18. The summed E-state index contributed by atoms with van der Waals surface area (Å²) in [6.07, 6.45) is 6.62. The van der Waals surface area contributed by atoms with Gasteiger partial charge < -0.3 is 15.6 Å². The number of carbonyl (C=O) groups is 3. The van der Waals surface area contributed by atoms with Crippen LogP contribution >= 0.6 is 11.3 Å². The summed E-state index contributed by atoms with van der Waals surface area (Å²) < 4.78 is 41.1. The number of ketones is 1. The molecule has 2 aromatic heterocycles. The fraction of sp³-hybridized carbons (Fsp3) is 0.136. The topological polar surface area (TPSA) is 117 Å². The third-order valence-corrected chi connectivity index (χ3v) is 5.42. The molecule has 0 spiro atoms. The summed E-state index contributed by atoms with van der Waals surface area (Å²) in [7, 11) is 1.70. The molecule has 0 bridgehead atoms. The van der Waals surface area contributed by atoms with E-state index in [0.29, 0.717) is 34.0 Å².